The van der Waals surface area contributed by atoms with Gasteiger partial charge < -0.3 is 29.2 Å². The van der Waals surface area contributed by atoms with E-state index in [4.69, 9.17) is 13.9 Å². The zero-order valence-corrected chi connectivity index (χ0v) is 25.6. The number of nitrogens with one attached hydrogen (secondary N) is 1. The lowest BCUT2D eigenvalue weighted by Gasteiger charge is -2.35. The van der Waals surface area contributed by atoms with Crippen molar-refractivity contribution in [3.8, 4) is 0 Å². The van der Waals surface area contributed by atoms with E-state index in [1.54, 1.807) is 12.2 Å². The van der Waals surface area contributed by atoms with Gasteiger partial charge in [0.25, 0.3) is 5.91 Å². The van der Waals surface area contributed by atoms with Crippen LogP contribution in [0.2, 0.25) is 0 Å². The van der Waals surface area contributed by atoms with Crippen molar-refractivity contribution in [2.45, 2.75) is 71.1 Å². The highest BCUT2D eigenvalue weighted by molar-refractivity contribution is 5.95. The van der Waals surface area contributed by atoms with Crippen molar-refractivity contribution in [1.29, 1.82) is 0 Å². The fraction of sp³-hybridized carbons (Fsp3) is 0.625. The van der Waals surface area contributed by atoms with Gasteiger partial charge in [0.1, 0.15) is 18.4 Å². The molecule has 0 aliphatic carbocycles. The smallest absolute Gasteiger partial charge is 0.329 e. The van der Waals surface area contributed by atoms with Crippen molar-refractivity contribution in [1.82, 2.24) is 20.1 Å². The summed E-state index contributed by atoms with van der Waals surface area (Å²) in [7, 11) is 0. The summed E-state index contributed by atoms with van der Waals surface area (Å²) in [6.45, 7) is 10.3. The molecule has 3 aliphatic rings. The average molecular weight is 599 g/mol. The zero-order chi connectivity index (χ0) is 30.8. The number of aryl methyl sites for hydroxylation is 1. The molecule has 5 atom stereocenters. The molecule has 0 radical (unpaired) electrons. The number of amides is 2. The van der Waals surface area contributed by atoms with Gasteiger partial charge in [-0.3, -0.25) is 14.5 Å². The van der Waals surface area contributed by atoms with Crippen LogP contribution < -0.4 is 5.32 Å². The molecule has 5 unspecified atom stereocenters. The summed E-state index contributed by atoms with van der Waals surface area (Å²) in [4.78, 5) is 47.8. The van der Waals surface area contributed by atoms with Crippen molar-refractivity contribution >= 4 is 17.8 Å². The molecule has 4 rings (SSSR count). The topological polar surface area (TPSA) is 134 Å². The molecule has 0 saturated carbocycles. The number of hydrogen-bond donors (Lipinski definition) is 2. The number of morpholine rings is 1. The Morgan fingerprint density at radius 2 is 1.91 bits per heavy atom. The average Bonchev–Trinajstić information content (AvgIpc) is 3.67. The van der Waals surface area contributed by atoms with Gasteiger partial charge in [-0.2, -0.15) is 0 Å². The van der Waals surface area contributed by atoms with Crippen LogP contribution in [0.5, 0.6) is 0 Å². The molecule has 236 valence electrons. The highest BCUT2D eigenvalue weighted by Gasteiger charge is 2.39. The predicted molar refractivity (Wildman–Crippen MR) is 160 cm³/mol. The van der Waals surface area contributed by atoms with E-state index in [-0.39, 0.29) is 29.3 Å². The van der Waals surface area contributed by atoms with Crippen LogP contribution in [0, 0.1) is 11.8 Å². The lowest BCUT2D eigenvalue weighted by Crippen LogP contribution is -2.46. The van der Waals surface area contributed by atoms with Crippen LogP contribution in [0.15, 0.2) is 46.6 Å². The van der Waals surface area contributed by atoms with Crippen molar-refractivity contribution in [2.75, 3.05) is 45.9 Å². The number of carbonyl (C=O) groups excluding carboxylic acids is 3. The molecule has 3 aliphatic heterocycles. The maximum atomic E-state index is 13.6. The molecule has 2 bridgehead atoms. The van der Waals surface area contributed by atoms with Crippen molar-refractivity contribution in [3.63, 3.8) is 0 Å². The monoisotopic (exact) mass is 598 g/mol. The van der Waals surface area contributed by atoms with Gasteiger partial charge in [-0.1, -0.05) is 43.7 Å². The number of carbonyl (C=O) groups is 3. The number of oxazole rings is 1. The first-order valence-electron chi connectivity index (χ1n) is 15.5. The second kappa shape index (κ2) is 16.0. The number of allylic oxidation sites excluding steroid dienone is 2. The normalized spacial score (nSPS) is 28.9. The third-order valence-electron chi connectivity index (χ3n) is 8.21. The molecule has 11 nitrogen and oxygen atoms in total. The van der Waals surface area contributed by atoms with E-state index in [0.717, 1.165) is 18.7 Å². The molecule has 4 heterocycles. The molecule has 1 aromatic heterocycles. The molecular weight excluding hydrogens is 552 g/mol. The van der Waals surface area contributed by atoms with Gasteiger partial charge in [-0.05, 0) is 38.7 Å². The molecule has 2 N–H and O–H groups in total. The second-order valence-electron chi connectivity index (χ2n) is 11.8. The first kappa shape index (κ1) is 32.6. The van der Waals surface area contributed by atoms with E-state index < -0.39 is 24.2 Å². The molecule has 2 saturated heterocycles. The highest BCUT2D eigenvalue weighted by Crippen LogP contribution is 2.26. The Morgan fingerprint density at radius 3 is 2.70 bits per heavy atom. The zero-order valence-electron chi connectivity index (χ0n) is 25.6. The van der Waals surface area contributed by atoms with Crippen LogP contribution in [0.1, 0.15) is 62.8 Å². The number of rotatable bonds is 3. The lowest BCUT2D eigenvalue weighted by atomic mass is 9.92. The van der Waals surface area contributed by atoms with Gasteiger partial charge in [-0.15, -0.1) is 0 Å². The minimum Gasteiger partial charge on any atom is -0.460 e. The predicted octanol–water partition coefficient (Wildman–Crippen LogP) is 2.67. The number of aliphatic hydroxyl groups is 1. The largest absolute Gasteiger partial charge is 0.460 e. The molecule has 43 heavy (non-hydrogen) atoms. The van der Waals surface area contributed by atoms with Crippen LogP contribution in [0.4, 0.5) is 0 Å². The fourth-order valence-electron chi connectivity index (χ4n) is 5.89. The summed E-state index contributed by atoms with van der Waals surface area (Å²) in [6, 6.07) is -0.719. The van der Waals surface area contributed by atoms with Crippen molar-refractivity contribution in [3.05, 3.63) is 53.8 Å². The third kappa shape index (κ3) is 9.61. The fourth-order valence-corrected chi connectivity index (χ4v) is 5.89. The lowest BCUT2D eigenvalue weighted by molar-refractivity contribution is -0.159. The molecular formula is C32H46N4O7. The van der Waals surface area contributed by atoms with E-state index in [9.17, 15) is 19.5 Å². The summed E-state index contributed by atoms with van der Waals surface area (Å²) in [5.74, 6) is -0.920. The van der Waals surface area contributed by atoms with Crippen LogP contribution in [0.3, 0.4) is 0 Å². The van der Waals surface area contributed by atoms with Crippen LogP contribution in [-0.2, 0) is 25.5 Å². The first-order valence-corrected chi connectivity index (χ1v) is 15.5. The minimum absolute atomic E-state index is 0.0315. The van der Waals surface area contributed by atoms with Gasteiger partial charge in [0.2, 0.25) is 5.91 Å². The first-order chi connectivity index (χ1) is 20.7. The molecule has 0 aromatic carbocycles. The van der Waals surface area contributed by atoms with Crippen LogP contribution >= 0.6 is 0 Å². The maximum absolute atomic E-state index is 13.6. The van der Waals surface area contributed by atoms with Crippen molar-refractivity contribution < 1.29 is 33.4 Å². The summed E-state index contributed by atoms with van der Waals surface area (Å²) < 4.78 is 17.2. The second-order valence-corrected chi connectivity index (χ2v) is 11.8. The number of aliphatic hydroxyl groups excluding tert-OH is 1. The SMILES string of the molecule is CC1=CC(O)CCCc2nc(co2)C(=O)N2CCCC2C(=O)OC(C(C)CN2CCOCC2)C(C)/C=C/C(=O)NCC=C1. The van der Waals surface area contributed by atoms with E-state index in [0.29, 0.717) is 70.8 Å². The van der Waals surface area contributed by atoms with Gasteiger partial charge in [0.15, 0.2) is 11.6 Å². The van der Waals surface area contributed by atoms with Gasteiger partial charge >= 0.3 is 5.97 Å². The third-order valence-corrected chi connectivity index (χ3v) is 8.21. The molecule has 0 spiro atoms. The molecule has 11 heteroatoms. The summed E-state index contributed by atoms with van der Waals surface area (Å²) >= 11 is 0. The van der Waals surface area contributed by atoms with Crippen LogP contribution in [-0.4, -0.2) is 102 Å². The highest BCUT2D eigenvalue weighted by atomic mass is 16.5. The minimum atomic E-state index is -0.719. The number of aromatic nitrogens is 1. The van der Waals surface area contributed by atoms with E-state index in [1.807, 2.05) is 26.0 Å². The number of nitrogens with zero attached hydrogens (tertiary/aromatic N) is 3. The Bertz CT molecular complexity index is 1190. The van der Waals surface area contributed by atoms with Crippen LogP contribution in [0.25, 0.3) is 0 Å². The maximum Gasteiger partial charge on any atom is 0.329 e. The number of esters is 1. The standard InChI is InChI=1S/C32H46N4O7/c1-22-7-5-13-33-28(38)12-11-23(2)30(24(3)20-35-15-17-41-18-16-35)43-32(40)27-9-6-14-36(27)31(39)26-21-42-29(34-26)10-4-8-25(37)19-22/h5,7,11-12,19,21,23-25,27,30,37H,4,6,8-10,13-18,20H2,1-3H3,(H,33,38)/b7-5?,12-11+,22-19?. The Balaban J connectivity index is 1.55. The molecule has 2 amide bonds. The molecule has 2 fully saturated rings. The van der Waals surface area contributed by atoms with Gasteiger partial charge in [-0.25, -0.2) is 9.78 Å². The van der Waals surface area contributed by atoms with E-state index in [1.165, 1.54) is 17.2 Å². The summed E-state index contributed by atoms with van der Waals surface area (Å²) in [5, 5.41) is 13.2. The van der Waals surface area contributed by atoms with Crippen molar-refractivity contribution in [2.24, 2.45) is 11.8 Å². The van der Waals surface area contributed by atoms with Gasteiger partial charge in [0.05, 0.1) is 19.3 Å². The molecule has 1 aromatic rings. The number of hydrogen-bond acceptors (Lipinski definition) is 9. The number of fused-ring (bicyclic) bond motifs is 3. The summed E-state index contributed by atoms with van der Waals surface area (Å²) in [6.07, 6.45) is 11.7. The Labute approximate surface area is 254 Å². The number of cyclic esters (lactones) is 1. The Hall–Kier alpha value is -3.28. The quantitative estimate of drug-likeness (QED) is 0.504. The van der Waals surface area contributed by atoms with E-state index >= 15 is 0 Å². The summed E-state index contributed by atoms with van der Waals surface area (Å²) in [5.41, 5.74) is 1.04. The number of ether oxygens (including phenoxy) is 2. The Kier molecular flexibility index (Phi) is 12.1. The van der Waals surface area contributed by atoms with E-state index in [2.05, 4.69) is 22.1 Å². The van der Waals surface area contributed by atoms with Gasteiger partial charge in [0, 0.05) is 51.0 Å². The Morgan fingerprint density at radius 1 is 1.12 bits per heavy atom.